The van der Waals surface area contributed by atoms with Gasteiger partial charge in [0, 0.05) is 12.3 Å². The van der Waals surface area contributed by atoms with Crippen LogP contribution in [0.25, 0.3) is 0 Å². The Kier molecular flexibility index (Phi) is 5.44. The number of hydrogen-bond donors (Lipinski definition) is 1. The lowest BCUT2D eigenvalue weighted by atomic mass is 10.2. The fourth-order valence-corrected chi connectivity index (χ4v) is 3.69. The van der Waals surface area contributed by atoms with E-state index in [9.17, 15) is 12.8 Å². The Morgan fingerprint density at radius 2 is 2.14 bits per heavy atom. The first-order valence-corrected chi connectivity index (χ1v) is 8.99. The largest absolute Gasteiger partial charge is 0.468 e. The molecule has 0 fully saturated rings. The van der Waals surface area contributed by atoms with Crippen molar-refractivity contribution in [3.63, 3.8) is 0 Å². The summed E-state index contributed by atoms with van der Waals surface area (Å²) < 4.78 is 44.9. The lowest BCUT2D eigenvalue weighted by Gasteiger charge is -2.07. The lowest BCUT2D eigenvalue weighted by molar-refractivity contribution is 0.530. The summed E-state index contributed by atoms with van der Waals surface area (Å²) in [6.45, 7) is 1.84. The quantitative estimate of drug-likeness (QED) is 0.794. The van der Waals surface area contributed by atoms with Crippen molar-refractivity contribution >= 4 is 21.8 Å². The summed E-state index contributed by atoms with van der Waals surface area (Å²) in [7, 11) is -3.59. The van der Waals surface area contributed by atoms with Crippen LogP contribution in [-0.2, 0) is 15.8 Å². The summed E-state index contributed by atoms with van der Waals surface area (Å²) in [5.41, 5.74) is 0.310. The number of halogens is 1. The van der Waals surface area contributed by atoms with E-state index in [4.69, 9.17) is 4.42 Å². The molecule has 1 aromatic carbocycles. The molecule has 0 bridgehead atoms. The maximum absolute atomic E-state index is 13.1. The van der Waals surface area contributed by atoms with Crippen molar-refractivity contribution in [2.24, 2.45) is 0 Å². The van der Waals surface area contributed by atoms with Gasteiger partial charge < -0.3 is 4.42 Å². The Morgan fingerprint density at radius 1 is 1.33 bits per heavy atom. The molecule has 1 aromatic heterocycles. The summed E-state index contributed by atoms with van der Waals surface area (Å²) >= 11 is 1.57. The van der Waals surface area contributed by atoms with Gasteiger partial charge in [-0.25, -0.2) is 17.5 Å². The van der Waals surface area contributed by atoms with Gasteiger partial charge >= 0.3 is 0 Å². The van der Waals surface area contributed by atoms with Gasteiger partial charge in [0.2, 0.25) is 10.0 Å². The molecule has 0 saturated heterocycles. The number of nitrogens with one attached hydrogen (secondary N) is 1. The van der Waals surface area contributed by atoms with E-state index in [1.807, 2.05) is 12.1 Å². The lowest BCUT2D eigenvalue weighted by Crippen LogP contribution is -2.26. The normalized spacial score (nSPS) is 11.7. The zero-order chi connectivity index (χ0) is 15.3. The summed E-state index contributed by atoms with van der Waals surface area (Å²) in [5.74, 6) is 1.77. The number of thioether (sulfide) groups is 1. The van der Waals surface area contributed by atoms with E-state index in [1.54, 1.807) is 18.0 Å². The van der Waals surface area contributed by atoms with E-state index in [1.165, 1.54) is 19.1 Å². The van der Waals surface area contributed by atoms with E-state index in [0.29, 0.717) is 23.6 Å². The first-order chi connectivity index (χ1) is 9.99. The number of furan rings is 1. The summed E-state index contributed by atoms with van der Waals surface area (Å²) in [6, 6.07) is 7.44. The molecule has 0 atom stereocenters. The minimum Gasteiger partial charge on any atom is -0.468 e. The molecule has 1 heterocycles. The van der Waals surface area contributed by atoms with Crippen molar-refractivity contribution in [1.82, 2.24) is 4.72 Å². The Hall–Kier alpha value is -1.31. The van der Waals surface area contributed by atoms with Crippen LogP contribution in [0.4, 0.5) is 4.39 Å². The predicted molar refractivity (Wildman–Crippen MR) is 81.2 cm³/mol. The van der Waals surface area contributed by atoms with Crippen LogP contribution in [0.1, 0.15) is 11.3 Å². The molecule has 4 nitrogen and oxygen atoms in total. The first kappa shape index (κ1) is 16.1. The van der Waals surface area contributed by atoms with Crippen LogP contribution in [0.15, 0.2) is 45.9 Å². The van der Waals surface area contributed by atoms with Crippen LogP contribution in [0.3, 0.4) is 0 Å². The second kappa shape index (κ2) is 7.11. The second-order valence-corrected chi connectivity index (χ2v) is 7.31. The smallest absolute Gasteiger partial charge is 0.240 e. The molecule has 7 heteroatoms. The van der Waals surface area contributed by atoms with E-state index in [0.717, 1.165) is 11.8 Å². The van der Waals surface area contributed by atoms with Crippen LogP contribution in [0, 0.1) is 12.7 Å². The topological polar surface area (TPSA) is 59.3 Å². The van der Waals surface area contributed by atoms with Crippen molar-refractivity contribution in [1.29, 1.82) is 0 Å². The third-order valence-electron chi connectivity index (χ3n) is 2.80. The van der Waals surface area contributed by atoms with Gasteiger partial charge in [0.05, 0.1) is 16.9 Å². The molecule has 21 heavy (non-hydrogen) atoms. The molecule has 0 aliphatic rings. The molecule has 2 rings (SSSR count). The SMILES string of the molecule is Cc1cc(S(=O)(=O)NCCSCc2ccco2)ccc1F. The first-order valence-electron chi connectivity index (χ1n) is 6.35. The maximum atomic E-state index is 13.1. The molecule has 2 aromatic rings. The molecule has 0 aliphatic heterocycles. The Balaban J connectivity index is 1.82. The van der Waals surface area contributed by atoms with Crippen LogP contribution in [-0.4, -0.2) is 20.7 Å². The predicted octanol–water partition coefficient (Wildman–Crippen LogP) is 2.94. The minimum absolute atomic E-state index is 0.0810. The number of hydrogen-bond acceptors (Lipinski definition) is 4. The van der Waals surface area contributed by atoms with Gasteiger partial charge in [-0.1, -0.05) is 0 Å². The molecule has 0 amide bonds. The van der Waals surface area contributed by atoms with Gasteiger partial charge in [0.15, 0.2) is 0 Å². The zero-order valence-corrected chi connectivity index (χ0v) is 13.1. The highest BCUT2D eigenvalue weighted by Gasteiger charge is 2.14. The molecule has 0 spiro atoms. The molecule has 0 radical (unpaired) electrons. The highest BCUT2D eigenvalue weighted by molar-refractivity contribution is 7.98. The van der Waals surface area contributed by atoms with Crippen LogP contribution < -0.4 is 4.72 Å². The van der Waals surface area contributed by atoms with E-state index >= 15 is 0 Å². The fourth-order valence-electron chi connectivity index (χ4n) is 1.68. The minimum atomic E-state index is -3.59. The van der Waals surface area contributed by atoms with Gasteiger partial charge in [0.1, 0.15) is 11.6 Å². The number of aryl methyl sites for hydroxylation is 1. The van der Waals surface area contributed by atoms with Crippen molar-refractivity contribution in [2.45, 2.75) is 17.6 Å². The summed E-state index contributed by atoms with van der Waals surface area (Å²) in [4.78, 5) is 0.0810. The van der Waals surface area contributed by atoms with E-state index in [2.05, 4.69) is 4.72 Å². The summed E-state index contributed by atoms with van der Waals surface area (Å²) in [5, 5.41) is 0. The Morgan fingerprint density at radius 3 is 2.81 bits per heavy atom. The van der Waals surface area contributed by atoms with Crippen molar-refractivity contribution in [3.8, 4) is 0 Å². The second-order valence-electron chi connectivity index (χ2n) is 4.44. The molecular weight excluding hydrogens is 313 g/mol. The van der Waals surface area contributed by atoms with Gasteiger partial charge in [0.25, 0.3) is 0 Å². The number of rotatable bonds is 7. The molecule has 114 valence electrons. The van der Waals surface area contributed by atoms with Crippen molar-refractivity contribution in [3.05, 3.63) is 53.7 Å². The van der Waals surface area contributed by atoms with Crippen LogP contribution in [0.2, 0.25) is 0 Å². The monoisotopic (exact) mass is 329 g/mol. The fraction of sp³-hybridized carbons (Fsp3) is 0.286. The molecule has 0 saturated carbocycles. The third-order valence-corrected chi connectivity index (χ3v) is 5.24. The van der Waals surface area contributed by atoms with Gasteiger partial charge in [-0.15, -0.1) is 0 Å². The van der Waals surface area contributed by atoms with Gasteiger partial charge in [-0.2, -0.15) is 11.8 Å². The maximum Gasteiger partial charge on any atom is 0.240 e. The molecular formula is C14H16FNO3S2. The standard InChI is InChI=1S/C14H16FNO3S2/c1-11-9-13(4-5-14(11)15)21(17,18)16-6-8-20-10-12-3-2-7-19-12/h2-5,7,9,16H,6,8,10H2,1H3. The number of sulfonamides is 1. The Labute approximate surface area is 127 Å². The average Bonchev–Trinajstić information content (AvgIpc) is 2.94. The van der Waals surface area contributed by atoms with Crippen LogP contribution in [0.5, 0.6) is 0 Å². The van der Waals surface area contributed by atoms with Gasteiger partial charge in [-0.05, 0) is 42.8 Å². The van der Waals surface area contributed by atoms with E-state index in [-0.39, 0.29) is 4.90 Å². The summed E-state index contributed by atoms with van der Waals surface area (Å²) in [6.07, 6.45) is 1.61. The van der Waals surface area contributed by atoms with E-state index < -0.39 is 15.8 Å². The van der Waals surface area contributed by atoms with Crippen molar-refractivity contribution < 1.29 is 17.2 Å². The van der Waals surface area contributed by atoms with Gasteiger partial charge in [-0.3, -0.25) is 0 Å². The number of benzene rings is 1. The highest BCUT2D eigenvalue weighted by Crippen LogP contribution is 2.15. The zero-order valence-electron chi connectivity index (χ0n) is 11.5. The molecule has 0 unspecified atom stereocenters. The molecule has 1 N–H and O–H groups in total. The molecule has 0 aliphatic carbocycles. The van der Waals surface area contributed by atoms with Crippen LogP contribution >= 0.6 is 11.8 Å². The highest BCUT2D eigenvalue weighted by atomic mass is 32.2. The Bertz CT molecular complexity index is 684. The average molecular weight is 329 g/mol. The third kappa shape index (κ3) is 4.59. The van der Waals surface area contributed by atoms with Crippen molar-refractivity contribution in [2.75, 3.05) is 12.3 Å².